The van der Waals surface area contributed by atoms with Crippen molar-refractivity contribution in [2.45, 2.75) is 63.3 Å². The van der Waals surface area contributed by atoms with Gasteiger partial charge in [-0.2, -0.15) is 5.10 Å². The zero-order valence-corrected chi connectivity index (χ0v) is 14.0. The Hall–Kier alpha value is -1.43. The van der Waals surface area contributed by atoms with Gasteiger partial charge in [0.1, 0.15) is 5.82 Å². The molecule has 0 spiro atoms. The SMILES string of the molecule is CC(C(=O)N1CCCC1)N1CCC(c2nc(C3CC3)n[nH]2)CC1. The van der Waals surface area contributed by atoms with E-state index in [2.05, 4.69) is 22.0 Å². The van der Waals surface area contributed by atoms with Gasteiger partial charge in [-0.3, -0.25) is 14.8 Å². The summed E-state index contributed by atoms with van der Waals surface area (Å²) in [6, 6.07) is 0.0193. The van der Waals surface area contributed by atoms with Crippen LogP contribution in [-0.4, -0.2) is 63.1 Å². The van der Waals surface area contributed by atoms with E-state index in [9.17, 15) is 4.79 Å². The first kappa shape index (κ1) is 15.1. The van der Waals surface area contributed by atoms with Gasteiger partial charge in [0, 0.05) is 24.9 Å². The third-order valence-corrected chi connectivity index (χ3v) is 5.70. The molecule has 6 nitrogen and oxygen atoms in total. The molecule has 126 valence electrons. The summed E-state index contributed by atoms with van der Waals surface area (Å²) in [6.07, 6.45) is 6.94. The number of carbonyl (C=O) groups is 1. The Kier molecular flexibility index (Phi) is 4.09. The van der Waals surface area contributed by atoms with Crippen molar-refractivity contribution >= 4 is 5.91 Å². The summed E-state index contributed by atoms with van der Waals surface area (Å²) in [6.45, 7) is 5.92. The molecule has 1 amide bonds. The number of nitrogens with zero attached hydrogens (tertiary/aromatic N) is 4. The van der Waals surface area contributed by atoms with Crippen molar-refractivity contribution in [3.8, 4) is 0 Å². The minimum atomic E-state index is 0.0193. The summed E-state index contributed by atoms with van der Waals surface area (Å²) in [5.41, 5.74) is 0. The van der Waals surface area contributed by atoms with Crippen LogP contribution in [0.15, 0.2) is 0 Å². The smallest absolute Gasteiger partial charge is 0.239 e. The lowest BCUT2D eigenvalue weighted by Gasteiger charge is -2.36. The fraction of sp³-hybridized carbons (Fsp3) is 0.824. The highest BCUT2D eigenvalue weighted by atomic mass is 16.2. The van der Waals surface area contributed by atoms with E-state index in [4.69, 9.17) is 4.98 Å². The number of likely N-dealkylation sites (tertiary alicyclic amines) is 2. The lowest BCUT2D eigenvalue weighted by molar-refractivity contribution is -0.135. The van der Waals surface area contributed by atoms with Crippen LogP contribution in [0.3, 0.4) is 0 Å². The van der Waals surface area contributed by atoms with Crippen molar-refractivity contribution < 1.29 is 4.79 Å². The maximum absolute atomic E-state index is 12.5. The van der Waals surface area contributed by atoms with E-state index in [0.717, 1.165) is 63.5 Å². The van der Waals surface area contributed by atoms with Crippen molar-refractivity contribution in [2.75, 3.05) is 26.2 Å². The van der Waals surface area contributed by atoms with Crippen LogP contribution in [0.4, 0.5) is 0 Å². The molecular weight excluding hydrogens is 290 g/mol. The van der Waals surface area contributed by atoms with Crippen molar-refractivity contribution in [1.82, 2.24) is 25.0 Å². The number of aromatic nitrogens is 3. The second kappa shape index (κ2) is 6.23. The summed E-state index contributed by atoms with van der Waals surface area (Å²) in [7, 11) is 0. The molecule has 4 rings (SSSR count). The Labute approximate surface area is 137 Å². The van der Waals surface area contributed by atoms with Gasteiger partial charge in [0.15, 0.2) is 5.82 Å². The molecule has 1 atom stereocenters. The van der Waals surface area contributed by atoms with Gasteiger partial charge >= 0.3 is 0 Å². The fourth-order valence-corrected chi connectivity index (χ4v) is 3.91. The highest BCUT2D eigenvalue weighted by Gasteiger charge is 2.33. The van der Waals surface area contributed by atoms with Gasteiger partial charge in [-0.05, 0) is 58.5 Å². The van der Waals surface area contributed by atoms with Crippen LogP contribution in [0.25, 0.3) is 0 Å². The van der Waals surface area contributed by atoms with Gasteiger partial charge in [-0.1, -0.05) is 0 Å². The van der Waals surface area contributed by atoms with E-state index < -0.39 is 0 Å². The Morgan fingerprint density at radius 3 is 2.43 bits per heavy atom. The molecule has 0 radical (unpaired) electrons. The predicted octanol–water partition coefficient (Wildman–Crippen LogP) is 1.87. The molecule has 1 saturated carbocycles. The maximum Gasteiger partial charge on any atom is 0.239 e. The van der Waals surface area contributed by atoms with Crippen molar-refractivity contribution in [1.29, 1.82) is 0 Å². The first-order valence-electron chi connectivity index (χ1n) is 9.17. The monoisotopic (exact) mass is 317 g/mol. The third kappa shape index (κ3) is 3.13. The maximum atomic E-state index is 12.5. The molecule has 1 aromatic heterocycles. The molecule has 1 N–H and O–H groups in total. The van der Waals surface area contributed by atoms with Gasteiger partial charge < -0.3 is 4.90 Å². The van der Waals surface area contributed by atoms with Gasteiger partial charge in [0.2, 0.25) is 5.91 Å². The third-order valence-electron chi connectivity index (χ3n) is 5.70. The Bertz CT molecular complexity index is 553. The Balaban J connectivity index is 1.31. The van der Waals surface area contributed by atoms with Gasteiger partial charge in [0.25, 0.3) is 0 Å². The number of aromatic amines is 1. The number of H-pyrrole nitrogens is 1. The molecule has 3 aliphatic rings. The van der Waals surface area contributed by atoms with Crippen LogP contribution in [-0.2, 0) is 4.79 Å². The van der Waals surface area contributed by atoms with Gasteiger partial charge in [0.05, 0.1) is 6.04 Å². The zero-order chi connectivity index (χ0) is 15.8. The number of rotatable bonds is 4. The van der Waals surface area contributed by atoms with Crippen LogP contribution in [0.5, 0.6) is 0 Å². The Morgan fingerprint density at radius 2 is 1.78 bits per heavy atom. The summed E-state index contributed by atoms with van der Waals surface area (Å²) in [4.78, 5) is 21.6. The van der Waals surface area contributed by atoms with E-state index in [-0.39, 0.29) is 6.04 Å². The highest BCUT2D eigenvalue weighted by Crippen LogP contribution is 2.38. The lowest BCUT2D eigenvalue weighted by atomic mass is 9.95. The van der Waals surface area contributed by atoms with Crippen LogP contribution in [0.2, 0.25) is 0 Å². The van der Waals surface area contributed by atoms with E-state index >= 15 is 0 Å². The van der Waals surface area contributed by atoms with Crippen molar-refractivity contribution in [2.24, 2.45) is 0 Å². The number of carbonyl (C=O) groups excluding carboxylic acids is 1. The summed E-state index contributed by atoms with van der Waals surface area (Å²) < 4.78 is 0. The van der Waals surface area contributed by atoms with E-state index in [1.54, 1.807) is 0 Å². The highest BCUT2D eigenvalue weighted by molar-refractivity contribution is 5.81. The average molecular weight is 317 g/mol. The number of piperidine rings is 1. The van der Waals surface area contributed by atoms with E-state index in [0.29, 0.717) is 17.7 Å². The quantitative estimate of drug-likeness (QED) is 0.921. The molecule has 2 aliphatic heterocycles. The van der Waals surface area contributed by atoms with Gasteiger partial charge in [-0.15, -0.1) is 0 Å². The van der Waals surface area contributed by atoms with E-state index in [1.165, 1.54) is 12.8 Å². The standard InChI is InChI=1S/C17H27N5O/c1-12(17(23)22-8-2-3-9-22)21-10-6-14(7-11-21)16-18-15(19-20-16)13-4-5-13/h12-14H,2-11H2,1H3,(H,18,19,20). The fourth-order valence-electron chi connectivity index (χ4n) is 3.91. The largest absolute Gasteiger partial charge is 0.341 e. The molecule has 1 aliphatic carbocycles. The van der Waals surface area contributed by atoms with Crippen molar-refractivity contribution in [3.63, 3.8) is 0 Å². The average Bonchev–Trinajstić information content (AvgIpc) is 3.10. The van der Waals surface area contributed by atoms with Crippen LogP contribution in [0.1, 0.15) is 68.9 Å². The molecule has 0 bridgehead atoms. The number of hydrogen-bond acceptors (Lipinski definition) is 4. The Morgan fingerprint density at radius 1 is 1.09 bits per heavy atom. The molecule has 23 heavy (non-hydrogen) atoms. The lowest BCUT2D eigenvalue weighted by Crippen LogP contribution is -2.48. The van der Waals surface area contributed by atoms with Crippen molar-refractivity contribution in [3.05, 3.63) is 11.6 Å². The minimum absolute atomic E-state index is 0.0193. The minimum Gasteiger partial charge on any atom is -0.341 e. The molecule has 6 heteroatoms. The second-order valence-electron chi connectivity index (χ2n) is 7.37. The molecule has 1 unspecified atom stereocenters. The molecule has 3 heterocycles. The predicted molar refractivity (Wildman–Crippen MR) is 87.2 cm³/mol. The summed E-state index contributed by atoms with van der Waals surface area (Å²) in [5.74, 6) is 3.47. The topological polar surface area (TPSA) is 65.1 Å². The molecule has 2 saturated heterocycles. The second-order valence-corrected chi connectivity index (χ2v) is 7.37. The summed E-state index contributed by atoms with van der Waals surface area (Å²) in [5, 5.41) is 7.53. The van der Waals surface area contributed by atoms with Crippen LogP contribution in [0, 0.1) is 0 Å². The molecular formula is C17H27N5O. The molecule has 3 fully saturated rings. The normalized spacial score (nSPS) is 25.0. The molecule has 0 aromatic carbocycles. The summed E-state index contributed by atoms with van der Waals surface area (Å²) >= 11 is 0. The first-order chi connectivity index (χ1) is 11.2. The van der Waals surface area contributed by atoms with Crippen LogP contribution < -0.4 is 0 Å². The van der Waals surface area contributed by atoms with E-state index in [1.807, 2.05) is 4.90 Å². The number of hydrogen-bond donors (Lipinski definition) is 1. The number of nitrogens with one attached hydrogen (secondary N) is 1. The molecule has 1 aromatic rings. The number of amides is 1. The first-order valence-corrected chi connectivity index (χ1v) is 9.17. The van der Waals surface area contributed by atoms with Gasteiger partial charge in [-0.25, -0.2) is 4.98 Å². The van der Waals surface area contributed by atoms with Crippen LogP contribution >= 0.6 is 0 Å². The zero-order valence-electron chi connectivity index (χ0n) is 14.0.